The third-order valence-corrected chi connectivity index (χ3v) is 3.23. The maximum absolute atomic E-state index is 10.7. The van der Waals surface area contributed by atoms with Gasteiger partial charge < -0.3 is 5.11 Å². The lowest BCUT2D eigenvalue weighted by Gasteiger charge is -2.12. The van der Waals surface area contributed by atoms with Gasteiger partial charge >= 0.3 is 5.69 Å². The SMILES string of the molecule is C[C@H](O)[C@H](C)Sc1ncccc1[N+](=O)[O-]. The molecule has 82 valence electrons. The van der Waals surface area contributed by atoms with Crippen LogP contribution in [0.3, 0.4) is 0 Å². The number of hydrogen-bond donors (Lipinski definition) is 1. The number of aliphatic hydroxyl groups excluding tert-OH is 1. The van der Waals surface area contributed by atoms with Gasteiger partial charge in [-0.15, -0.1) is 0 Å². The molecule has 1 aromatic heterocycles. The maximum Gasteiger partial charge on any atom is 0.301 e. The minimum atomic E-state index is -0.531. The monoisotopic (exact) mass is 228 g/mol. The van der Waals surface area contributed by atoms with Crippen LogP contribution in [0.15, 0.2) is 23.4 Å². The molecule has 0 saturated heterocycles. The van der Waals surface area contributed by atoms with Gasteiger partial charge in [0.15, 0.2) is 5.03 Å². The Balaban J connectivity index is 2.89. The Labute approximate surface area is 91.7 Å². The standard InChI is InChI=1S/C9H12N2O3S/c1-6(12)7(2)15-9-8(11(13)14)4-3-5-10-9/h3-7,12H,1-2H3/t6-,7-/m0/s1. The minimum Gasteiger partial charge on any atom is -0.392 e. The molecule has 0 amide bonds. The number of pyridine rings is 1. The van der Waals surface area contributed by atoms with Crippen LogP contribution in [0, 0.1) is 10.1 Å². The summed E-state index contributed by atoms with van der Waals surface area (Å²) in [6, 6.07) is 2.93. The molecule has 0 aliphatic carbocycles. The number of nitro groups is 1. The van der Waals surface area contributed by atoms with Crippen LogP contribution in [0.25, 0.3) is 0 Å². The summed E-state index contributed by atoms with van der Waals surface area (Å²) in [4.78, 5) is 14.1. The van der Waals surface area contributed by atoms with E-state index >= 15 is 0 Å². The summed E-state index contributed by atoms with van der Waals surface area (Å²) in [5, 5.41) is 20.2. The van der Waals surface area contributed by atoms with E-state index < -0.39 is 11.0 Å². The summed E-state index contributed by atoms with van der Waals surface area (Å²) in [5.41, 5.74) is -0.0185. The summed E-state index contributed by atoms with van der Waals surface area (Å²) in [7, 11) is 0. The summed E-state index contributed by atoms with van der Waals surface area (Å²) in [6.07, 6.45) is 0.973. The highest BCUT2D eigenvalue weighted by Crippen LogP contribution is 2.30. The molecule has 0 fully saturated rings. The van der Waals surface area contributed by atoms with E-state index in [1.165, 1.54) is 30.1 Å². The van der Waals surface area contributed by atoms with Crippen molar-refractivity contribution in [1.29, 1.82) is 0 Å². The van der Waals surface area contributed by atoms with Crippen LogP contribution in [-0.4, -0.2) is 26.4 Å². The van der Waals surface area contributed by atoms with Gasteiger partial charge in [-0.2, -0.15) is 0 Å². The van der Waals surface area contributed by atoms with Crippen LogP contribution in [-0.2, 0) is 0 Å². The molecule has 15 heavy (non-hydrogen) atoms. The smallest absolute Gasteiger partial charge is 0.301 e. The molecule has 2 atom stereocenters. The predicted octanol–water partition coefficient (Wildman–Crippen LogP) is 1.85. The Morgan fingerprint density at radius 2 is 2.27 bits per heavy atom. The van der Waals surface area contributed by atoms with Gasteiger partial charge in [0.2, 0.25) is 0 Å². The van der Waals surface area contributed by atoms with E-state index in [0.29, 0.717) is 5.03 Å². The topological polar surface area (TPSA) is 76.3 Å². The van der Waals surface area contributed by atoms with Gasteiger partial charge in [0, 0.05) is 17.5 Å². The van der Waals surface area contributed by atoms with Gasteiger partial charge in [0.05, 0.1) is 11.0 Å². The summed E-state index contributed by atoms with van der Waals surface area (Å²) in [5.74, 6) is 0. The minimum absolute atomic E-state index is 0.0185. The van der Waals surface area contributed by atoms with Crippen LogP contribution in [0.4, 0.5) is 5.69 Å². The number of thioether (sulfide) groups is 1. The molecule has 0 aromatic carbocycles. The van der Waals surface area contributed by atoms with Crippen molar-refractivity contribution in [1.82, 2.24) is 4.98 Å². The van der Waals surface area contributed by atoms with Gasteiger partial charge in [0.1, 0.15) is 0 Å². The molecule has 0 saturated carbocycles. The zero-order valence-corrected chi connectivity index (χ0v) is 9.27. The number of aromatic nitrogens is 1. The third-order valence-electron chi connectivity index (χ3n) is 1.92. The largest absolute Gasteiger partial charge is 0.392 e. The normalized spacial score (nSPS) is 14.6. The molecule has 0 spiro atoms. The molecule has 0 aliphatic rings. The lowest BCUT2D eigenvalue weighted by Crippen LogP contribution is -2.15. The van der Waals surface area contributed by atoms with E-state index in [1.54, 1.807) is 13.8 Å². The van der Waals surface area contributed by atoms with Crippen molar-refractivity contribution in [2.45, 2.75) is 30.2 Å². The third kappa shape index (κ3) is 3.17. The fourth-order valence-electron chi connectivity index (χ4n) is 0.887. The summed E-state index contributed by atoms with van der Waals surface area (Å²) >= 11 is 1.20. The van der Waals surface area contributed by atoms with Gasteiger partial charge in [-0.05, 0) is 13.0 Å². The molecular formula is C9H12N2O3S. The van der Waals surface area contributed by atoms with E-state index in [0.717, 1.165) is 0 Å². The van der Waals surface area contributed by atoms with Crippen LogP contribution >= 0.6 is 11.8 Å². The number of nitrogens with zero attached hydrogens (tertiary/aromatic N) is 2. The summed E-state index contributed by atoms with van der Waals surface area (Å²) in [6.45, 7) is 3.44. The van der Waals surface area contributed by atoms with Crippen molar-refractivity contribution in [3.05, 3.63) is 28.4 Å². The second kappa shape index (κ2) is 5.09. The quantitative estimate of drug-likeness (QED) is 0.483. The van der Waals surface area contributed by atoms with E-state index in [-0.39, 0.29) is 10.9 Å². The first kappa shape index (κ1) is 11.9. The van der Waals surface area contributed by atoms with E-state index in [2.05, 4.69) is 4.98 Å². The maximum atomic E-state index is 10.7. The summed E-state index contributed by atoms with van der Waals surface area (Å²) < 4.78 is 0. The first-order valence-electron chi connectivity index (χ1n) is 4.46. The molecule has 1 N–H and O–H groups in total. The zero-order valence-electron chi connectivity index (χ0n) is 8.45. The van der Waals surface area contributed by atoms with Crippen LogP contribution in [0.2, 0.25) is 0 Å². The van der Waals surface area contributed by atoms with Crippen molar-refractivity contribution in [2.75, 3.05) is 0 Å². The van der Waals surface area contributed by atoms with Crippen LogP contribution in [0.5, 0.6) is 0 Å². The van der Waals surface area contributed by atoms with Crippen molar-refractivity contribution in [2.24, 2.45) is 0 Å². The Bertz CT molecular complexity index is 357. The van der Waals surface area contributed by atoms with Gasteiger partial charge in [0.25, 0.3) is 0 Å². The molecular weight excluding hydrogens is 216 g/mol. The fourth-order valence-corrected chi connectivity index (χ4v) is 1.82. The van der Waals surface area contributed by atoms with Crippen molar-refractivity contribution in [3.8, 4) is 0 Å². The Kier molecular flexibility index (Phi) is 4.05. The lowest BCUT2D eigenvalue weighted by molar-refractivity contribution is -0.388. The molecule has 1 aromatic rings. The van der Waals surface area contributed by atoms with Crippen LogP contribution < -0.4 is 0 Å². The van der Waals surface area contributed by atoms with Crippen molar-refractivity contribution >= 4 is 17.4 Å². The van der Waals surface area contributed by atoms with Crippen LogP contribution in [0.1, 0.15) is 13.8 Å². The molecule has 0 aliphatic heterocycles. The first-order chi connectivity index (χ1) is 7.02. The molecule has 0 radical (unpaired) electrons. The second-order valence-corrected chi connectivity index (χ2v) is 4.51. The molecule has 0 bridgehead atoms. The molecule has 6 heteroatoms. The van der Waals surface area contributed by atoms with Gasteiger partial charge in [-0.1, -0.05) is 18.7 Å². The van der Waals surface area contributed by atoms with E-state index in [9.17, 15) is 15.2 Å². The highest BCUT2D eigenvalue weighted by atomic mass is 32.2. The number of rotatable bonds is 4. The Hall–Kier alpha value is -1.14. The second-order valence-electron chi connectivity index (χ2n) is 3.15. The van der Waals surface area contributed by atoms with E-state index in [4.69, 9.17) is 0 Å². The molecule has 5 nitrogen and oxygen atoms in total. The van der Waals surface area contributed by atoms with Gasteiger partial charge in [-0.3, -0.25) is 10.1 Å². The Morgan fingerprint density at radius 3 is 2.80 bits per heavy atom. The molecule has 0 unspecified atom stereocenters. The van der Waals surface area contributed by atoms with Crippen molar-refractivity contribution in [3.63, 3.8) is 0 Å². The average molecular weight is 228 g/mol. The highest BCUT2D eigenvalue weighted by Gasteiger charge is 2.19. The highest BCUT2D eigenvalue weighted by molar-refractivity contribution is 8.00. The van der Waals surface area contributed by atoms with Gasteiger partial charge in [-0.25, -0.2) is 4.98 Å². The Morgan fingerprint density at radius 1 is 1.60 bits per heavy atom. The number of aliphatic hydroxyl groups is 1. The van der Waals surface area contributed by atoms with Crippen molar-refractivity contribution < 1.29 is 10.0 Å². The average Bonchev–Trinajstić information content (AvgIpc) is 2.18. The lowest BCUT2D eigenvalue weighted by atomic mass is 10.3. The predicted molar refractivity (Wildman–Crippen MR) is 57.9 cm³/mol. The van der Waals surface area contributed by atoms with E-state index in [1.807, 2.05) is 0 Å². The molecule has 1 heterocycles. The first-order valence-corrected chi connectivity index (χ1v) is 5.34. The molecule has 1 rings (SSSR count). The zero-order chi connectivity index (χ0) is 11.4. The fraction of sp³-hybridized carbons (Fsp3) is 0.444. The number of hydrogen-bond acceptors (Lipinski definition) is 5.